The molecule has 9 heteroatoms. The standard InChI is InChI=1S/C25H29FN4O3S/c1-4-20-15(2)27-25(28-24(20)32)34-14-23(31)30-22(17-5-9-18(26)10-6-17)13-21(29-30)16-7-11-19(33-3)12-8-16/h5-12,15,20,22,25,27H,4,13-14H2,1-3H3,(H,28,32). The first kappa shape index (κ1) is 24.2. The molecule has 0 spiro atoms. The molecule has 0 bridgehead atoms. The molecular formula is C25H29FN4O3S. The predicted octanol–water partition coefficient (Wildman–Crippen LogP) is 3.66. The number of rotatable bonds is 7. The summed E-state index contributed by atoms with van der Waals surface area (Å²) in [5.41, 5.74) is 2.15. The minimum Gasteiger partial charge on any atom is -0.497 e. The minimum atomic E-state index is -0.342. The van der Waals surface area contributed by atoms with Gasteiger partial charge < -0.3 is 10.1 Å². The smallest absolute Gasteiger partial charge is 0.253 e. The van der Waals surface area contributed by atoms with Crippen molar-refractivity contribution in [1.29, 1.82) is 0 Å². The molecule has 2 aromatic rings. The second-order valence-corrected chi connectivity index (χ2v) is 9.55. The van der Waals surface area contributed by atoms with E-state index < -0.39 is 0 Å². The van der Waals surface area contributed by atoms with E-state index in [0.717, 1.165) is 29.0 Å². The van der Waals surface area contributed by atoms with Gasteiger partial charge in [0.25, 0.3) is 5.91 Å². The molecule has 0 aliphatic carbocycles. The van der Waals surface area contributed by atoms with Gasteiger partial charge in [0.2, 0.25) is 5.91 Å². The van der Waals surface area contributed by atoms with E-state index in [9.17, 15) is 14.0 Å². The van der Waals surface area contributed by atoms with Gasteiger partial charge in [0.1, 0.15) is 17.1 Å². The molecule has 4 unspecified atom stereocenters. The number of halogens is 1. The Kier molecular flexibility index (Phi) is 7.53. The highest BCUT2D eigenvalue weighted by molar-refractivity contribution is 8.00. The lowest BCUT2D eigenvalue weighted by atomic mass is 9.96. The predicted molar refractivity (Wildman–Crippen MR) is 131 cm³/mol. The lowest BCUT2D eigenvalue weighted by molar-refractivity contribution is -0.130. The molecule has 0 radical (unpaired) electrons. The molecule has 4 atom stereocenters. The summed E-state index contributed by atoms with van der Waals surface area (Å²) in [6.07, 6.45) is 1.27. The van der Waals surface area contributed by atoms with Gasteiger partial charge in [-0.3, -0.25) is 14.9 Å². The number of ether oxygens (including phenoxy) is 1. The SMILES string of the molecule is CCC1C(=O)NC(SCC(=O)N2N=C(c3ccc(OC)cc3)CC2c2ccc(F)cc2)NC1C. The highest BCUT2D eigenvalue weighted by Crippen LogP contribution is 2.34. The van der Waals surface area contributed by atoms with Crippen LogP contribution in [0.2, 0.25) is 0 Å². The fourth-order valence-corrected chi connectivity index (χ4v) is 5.30. The number of methoxy groups -OCH3 is 1. The Morgan fingerprint density at radius 3 is 2.53 bits per heavy atom. The molecule has 2 aliphatic rings. The van der Waals surface area contributed by atoms with Gasteiger partial charge in [0, 0.05) is 12.5 Å². The summed E-state index contributed by atoms with van der Waals surface area (Å²) in [5, 5.41) is 12.4. The molecule has 7 nitrogen and oxygen atoms in total. The summed E-state index contributed by atoms with van der Waals surface area (Å²) >= 11 is 1.33. The van der Waals surface area contributed by atoms with Crippen molar-refractivity contribution in [2.24, 2.45) is 11.0 Å². The van der Waals surface area contributed by atoms with Gasteiger partial charge in [0.15, 0.2) is 0 Å². The number of hydrogen-bond donors (Lipinski definition) is 2. The third-order valence-corrected chi connectivity index (χ3v) is 7.29. The van der Waals surface area contributed by atoms with Crippen LogP contribution in [0.3, 0.4) is 0 Å². The van der Waals surface area contributed by atoms with Crippen LogP contribution in [-0.2, 0) is 9.59 Å². The number of thioether (sulfide) groups is 1. The summed E-state index contributed by atoms with van der Waals surface area (Å²) in [6.45, 7) is 3.97. The van der Waals surface area contributed by atoms with Gasteiger partial charge in [-0.1, -0.05) is 19.1 Å². The highest BCUT2D eigenvalue weighted by atomic mass is 32.2. The fraction of sp³-hybridized carbons (Fsp3) is 0.400. The molecule has 2 aliphatic heterocycles. The van der Waals surface area contributed by atoms with Gasteiger partial charge in [0.05, 0.1) is 30.5 Å². The molecule has 0 aromatic heterocycles. The molecular weight excluding hydrogens is 455 g/mol. The first-order valence-electron chi connectivity index (χ1n) is 11.4. The summed E-state index contributed by atoms with van der Waals surface area (Å²) in [7, 11) is 1.61. The molecule has 2 heterocycles. The zero-order chi connectivity index (χ0) is 24.2. The van der Waals surface area contributed by atoms with Crippen molar-refractivity contribution in [2.45, 2.75) is 44.3 Å². The maximum atomic E-state index is 13.5. The van der Waals surface area contributed by atoms with Crippen LogP contribution in [0.4, 0.5) is 4.39 Å². The van der Waals surface area contributed by atoms with Crippen LogP contribution >= 0.6 is 11.8 Å². The van der Waals surface area contributed by atoms with Gasteiger partial charge in [-0.2, -0.15) is 5.10 Å². The number of hydrogen-bond acceptors (Lipinski definition) is 6. The molecule has 2 amide bonds. The number of carbonyl (C=O) groups is 2. The number of amides is 2. The third kappa shape index (κ3) is 5.26. The number of carbonyl (C=O) groups excluding carboxylic acids is 2. The van der Waals surface area contributed by atoms with Crippen molar-refractivity contribution in [3.63, 3.8) is 0 Å². The number of nitrogens with zero attached hydrogens (tertiary/aromatic N) is 2. The van der Waals surface area contributed by atoms with E-state index in [1.165, 1.54) is 28.9 Å². The van der Waals surface area contributed by atoms with Gasteiger partial charge in [-0.25, -0.2) is 9.40 Å². The van der Waals surface area contributed by atoms with Crippen LogP contribution < -0.4 is 15.4 Å². The highest BCUT2D eigenvalue weighted by Gasteiger charge is 2.35. The number of hydrazone groups is 1. The molecule has 1 fully saturated rings. The Hall–Kier alpha value is -2.91. The topological polar surface area (TPSA) is 83.0 Å². The van der Waals surface area contributed by atoms with E-state index in [1.807, 2.05) is 38.1 Å². The quantitative estimate of drug-likeness (QED) is 0.627. The normalized spacial score (nSPS) is 24.5. The fourth-order valence-electron chi connectivity index (χ4n) is 4.35. The van der Waals surface area contributed by atoms with E-state index in [4.69, 9.17) is 4.74 Å². The second-order valence-electron chi connectivity index (χ2n) is 8.45. The van der Waals surface area contributed by atoms with E-state index >= 15 is 0 Å². The molecule has 1 saturated heterocycles. The Labute approximate surface area is 203 Å². The average Bonchev–Trinajstić information content (AvgIpc) is 3.28. The molecule has 4 rings (SSSR count). The van der Waals surface area contributed by atoms with Gasteiger partial charge in [-0.15, -0.1) is 11.8 Å². The van der Waals surface area contributed by atoms with Crippen molar-refractivity contribution in [3.05, 3.63) is 65.5 Å². The Morgan fingerprint density at radius 1 is 1.21 bits per heavy atom. The van der Waals surface area contributed by atoms with E-state index in [0.29, 0.717) is 6.42 Å². The summed E-state index contributed by atoms with van der Waals surface area (Å²) in [6, 6.07) is 13.4. The summed E-state index contributed by atoms with van der Waals surface area (Å²) < 4.78 is 18.8. The number of nitrogens with one attached hydrogen (secondary N) is 2. The van der Waals surface area contributed by atoms with Crippen molar-refractivity contribution >= 4 is 29.3 Å². The van der Waals surface area contributed by atoms with Crippen molar-refractivity contribution in [2.75, 3.05) is 12.9 Å². The number of benzene rings is 2. The van der Waals surface area contributed by atoms with Gasteiger partial charge >= 0.3 is 0 Å². The molecule has 180 valence electrons. The Bertz CT molecular complexity index is 1060. The zero-order valence-corrected chi connectivity index (χ0v) is 20.3. The van der Waals surface area contributed by atoms with Gasteiger partial charge in [-0.05, 0) is 60.9 Å². The van der Waals surface area contributed by atoms with Crippen molar-refractivity contribution in [1.82, 2.24) is 15.6 Å². The third-order valence-electron chi connectivity index (χ3n) is 6.29. The van der Waals surface area contributed by atoms with Crippen molar-refractivity contribution in [3.8, 4) is 5.75 Å². The maximum absolute atomic E-state index is 13.5. The first-order valence-corrected chi connectivity index (χ1v) is 12.4. The maximum Gasteiger partial charge on any atom is 0.253 e. The molecule has 34 heavy (non-hydrogen) atoms. The lowest BCUT2D eigenvalue weighted by Gasteiger charge is -2.35. The van der Waals surface area contributed by atoms with Crippen LogP contribution in [0.25, 0.3) is 0 Å². The molecule has 2 aromatic carbocycles. The molecule has 2 N–H and O–H groups in total. The minimum absolute atomic E-state index is 0.00359. The second kappa shape index (κ2) is 10.6. The van der Waals surface area contributed by atoms with E-state index in [-0.39, 0.29) is 46.9 Å². The Morgan fingerprint density at radius 2 is 1.91 bits per heavy atom. The largest absolute Gasteiger partial charge is 0.497 e. The van der Waals surface area contributed by atoms with E-state index in [1.54, 1.807) is 19.2 Å². The van der Waals surface area contributed by atoms with Crippen molar-refractivity contribution < 1.29 is 18.7 Å². The van der Waals surface area contributed by atoms with Crippen LogP contribution in [0.5, 0.6) is 5.75 Å². The summed E-state index contributed by atoms with van der Waals surface area (Å²) in [4.78, 5) is 25.6. The van der Waals surface area contributed by atoms with Crippen LogP contribution in [0, 0.1) is 11.7 Å². The Balaban J connectivity index is 1.50. The van der Waals surface area contributed by atoms with Crippen LogP contribution in [0.15, 0.2) is 53.6 Å². The first-order chi connectivity index (χ1) is 16.4. The lowest BCUT2D eigenvalue weighted by Crippen LogP contribution is -2.59. The molecule has 0 saturated carbocycles. The van der Waals surface area contributed by atoms with Crippen LogP contribution in [-0.4, -0.2) is 46.9 Å². The average molecular weight is 485 g/mol. The van der Waals surface area contributed by atoms with E-state index in [2.05, 4.69) is 15.7 Å². The summed E-state index contributed by atoms with van der Waals surface area (Å²) in [5.74, 6) is 0.297. The van der Waals surface area contributed by atoms with Crippen LogP contribution in [0.1, 0.15) is 43.9 Å². The monoisotopic (exact) mass is 484 g/mol. The zero-order valence-electron chi connectivity index (χ0n) is 19.5.